The maximum Gasteiger partial charge on any atom is 0.257 e. The molecule has 0 bridgehead atoms. The largest absolute Gasteiger partial charge is 0.349 e. The molecule has 2 rings (SSSR count). The Labute approximate surface area is 142 Å². The van der Waals surface area contributed by atoms with Crippen molar-refractivity contribution in [3.8, 4) is 0 Å². The SMILES string of the molecule is CC(C)C(NC(=O)c1c(F)cccc1F)C(=O)NCc1cccs1. The fourth-order valence-corrected chi connectivity index (χ4v) is 2.81. The highest BCUT2D eigenvalue weighted by molar-refractivity contribution is 7.09. The molecule has 2 amide bonds. The summed E-state index contributed by atoms with van der Waals surface area (Å²) in [6, 6.07) is 6.03. The van der Waals surface area contributed by atoms with Gasteiger partial charge in [-0.25, -0.2) is 8.78 Å². The number of rotatable bonds is 6. The second-order valence-electron chi connectivity index (χ2n) is 5.59. The second kappa shape index (κ2) is 8.01. The van der Waals surface area contributed by atoms with Crippen LogP contribution in [0.3, 0.4) is 0 Å². The van der Waals surface area contributed by atoms with E-state index >= 15 is 0 Å². The lowest BCUT2D eigenvalue weighted by molar-refractivity contribution is -0.124. The normalized spacial score (nSPS) is 12.0. The van der Waals surface area contributed by atoms with Gasteiger partial charge >= 0.3 is 0 Å². The Morgan fingerprint density at radius 1 is 1.12 bits per heavy atom. The summed E-state index contributed by atoms with van der Waals surface area (Å²) in [6.07, 6.45) is 0. The number of thiophene rings is 1. The average molecular weight is 352 g/mol. The van der Waals surface area contributed by atoms with Crippen LogP contribution in [0.5, 0.6) is 0 Å². The minimum atomic E-state index is -0.964. The highest BCUT2D eigenvalue weighted by atomic mass is 32.1. The zero-order valence-corrected chi connectivity index (χ0v) is 14.1. The standard InChI is InChI=1S/C17H18F2N2O2S/c1-10(2)15(17(23)20-9-11-5-4-8-24-11)21-16(22)14-12(18)6-3-7-13(14)19/h3-8,10,15H,9H2,1-2H3,(H,20,23)(H,21,22). The van der Waals surface area contributed by atoms with Crippen LogP contribution < -0.4 is 10.6 Å². The summed E-state index contributed by atoms with van der Waals surface area (Å²) >= 11 is 1.50. The quantitative estimate of drug-likeness (QED) is 0.839. The van der Waals surface area contributed by atoms with Gasteiger partial charge in [0.15, 0.2) is 0 Å². The van der Waals surface area contributed by atoms with Gasteiger partial charge in [-0.15, -0.1) is 11.3 Å². The molecule has 1 heterocycles. The van der Waals surface area contributed by atoms with Crippen LogP contribution in [-0.2, 0) is 11.3 Å². The van der Waals surface area contributed by atoms with Crippen molar-refractivity contribution in [3.05, 3.63) is 57.8 Å². The van der Waals surface area contributed by atoms with Crippen molar-refractivity contribution in [2.24, 2.45) is 5.92 Å². The molecule has 7 heteroatoms. The predicted octanol–water partition coefficient (Wildman–Crippen LogP) is 3.10. The lowest BCUT2D eigenvalue weighted by Gasteiger charge is -2.22. The minimum absolute atomic E-state index is 0.243. The van der Waals surface area contributed by atoms with Crippen molar-refractivity contribution in [1.82, 2.24) is 10.6 Å². The first-order valence-corrected chi connectivity index (χ1v) is 8.33. The first kappa shape index (κ1) is 18.1. The summed E-state index contributed by atoms with van der Waals surface area (Å²) in [5.41, 5.74) is -0.686. The molecular weight excluding hydrogens is 334 g/mol. The van der Waals surface area contributed by atoms with E-state index in [4.69, 9.17) is 0 Å². The molecule has 0 aliphatic rings. The Hall–Kier alpha value is -2.28. The van der Waals surface area contributed by atoms with Crippen molar-refractivity contribution in [3.63, 3.8) is 0 Å². The molecule has 1 aromatic carbocycles. The highest BCUT2D eigenvalue weighted by Crippen LogP contribution is 2.13. The molecule has 4 nitrogen and oxygen atoms in total. The lowest BCUT2D eigenvalue weighted by atomic mass is 10.0. The van der Waals surface area contributed by atoms with Gasteiger partial charge in [-0.3, -0.25) is 9.59 Å². The number of benzene rings is 1. The Morgan fingerprint density at radius 2 is 1.79 bits per heavy atom. The van der Waals surface area contributed by atoms with Crippen LogP contribution in [0.1, 0.15) is 29.1 Å². The van der Waals surface area contributed by atoms with Crippen LogP contribution in [0.15, 0.2) is 35.7 Å². The number of hydrogen-bond acceptors (Lipinski definition) is 3. The number of nitrogens with one attached hydrogen (secondary N) is 2. The van der Waals surface area contributed by atoms with Gasteiger partial charge in [-0.2, -0.15) is 0 Å². The van der Waals surface area contributed by atoms with E-state index < -0.39 is 35.1 Å². The van der Waals surface area contributed by atoms with E-state index in [0.717, 1.165) is 17.0 Å². The molecule has 2 aromatic rings. The number of carbonyl (C=O) groups excluding carboxylic acids is 2. The molecule has 24 heavy (non-hydrogen) atoms. The van der Waals surface area contributed by atoms with Gasteiger partial charge in [0.1, 0.15) is 23.2 Å². The van der Waals surface area contributed by atoms with Crippen LogP contribution in [-0.4, -0.2) is 17.9 Å². The van der Waals surface area contributed by atoms with Crippen molar-refractivity contribution in [2.75, 3.05) is 0 Å². The Bertz CT molecular complexity index is 697. The van der Waals surface area contributed by atoms with Gasteiger partial charge in [0.25, 0.3) is 5.91 Å². The minimum Gasteiger partial charge on any atom is -0.349 e. The third kappa shape index (κ3) is 4.38. The maximum absolute atomic E-state index is 13.7. The van der Waals surface area contributed by atoms with Gasteiger partial charge in [0, 0.05) is 4.88 Å². The lowest BCUT2D eigenvalue weighted by Crippen LogP contribution is -2.49. The number of amides is 2. The molecule has 0 radical (unpaired) electrons. The van der Waals surface area contributed by atoms with E-state index in [1.807, 2.05) is 17.5 Å². The third-order valence-electron chi connectivity index (χ3n) is 3.44. The molecule has 0 aliphatic heterocycles. The smallest absolute Gasteiger partial charge is 0.257 e. The summed E-state index contributed by atoms with van der Waals surface area (Å²) in [4.78, 5) is 25.4. The number of hydrogen-bond donors (Lipinski definition) is 2. The first-order chi connectivity index (χ1) is 11.4. The summed E-state index contributed by atoms with van der Waals surface area (Å²) in [5, 5.41) is 7.03. The molecule has 0 saturated carbocycles. The average Bonchev–Trinajstić information content (AvgIpc) is 3.03. The van der Waals surface area contributed by atoms with Crippen molar-refractivity contribution >= 4 is 23.2 Å². The predicted molar refractivity (Wildman–Crippen MR) is 88.6 cm³/mol. The van der Waals surface area contributed by atoms with Crippen LogP contribution in [0, 0.1) is 17.6 Å². The highest BCUT2D eigenvalue weighted by Gasteiger charge is 2.27. The topological polar surface area (TPSA) is 58.2 Å². The molecule has 0 spiro atoms. The van der Waals surface area contributed by atoms with Gasteiger partial charge in [-0.05, 0) is 29.5 Å². The third-order valence-corrected chi connectivity index (χ3v) is 4.32. The summed E-state index contributed by atoms with van der Waals surface area (Å²) < 4.78 is 27.4. The fourth-order valence-electron chi connectivity index (χ4n) is 2.16. The molecule has 0 aliphatic carbocycles. The second-order valence-corrected chi connectivity index (χ2v) is 6.62. The van der Waals surface area contributed by atoms with Crippen LogP contribution >= 0.6 is 11.3 Å². The molecule has 128 valence electrons. The van der Waals surface area contributed by atoms with Gasteiger partial charge in [0.2, 0.25) is 5.91 Å². The maximum atomic E-state index is 13.7. The van der Waals surface area contributed by atoms with Crippen LogP contribution in [0.2, 0.25) is 0 Å². The number of carbonyl (C=O) groups is 2. The summed E-state index contributed by atoms with van der Waals surface area (Å²) in [5.74, 6) is -3.52. The molecule has 2 N–H and O–H groups in total. The van der Waals surface area contributed by atoms with Gasteiger partial charge < -0.3 is 10.6 Å². The van der Waals surface area contributed by atoms with Crippen molar-refractivity contribution < 1.29 is 18.4 Å². The van der Waals surface area contributed by atoms with Gasteiger partial charge in [0.05, 0.1) is 6.54 Å². The first-order valence-electron chi connectivity index (χ1n) is 7.45. The molecule has 1 aromatic heterocycles. The molecular formula is C17H18F2N2O2S. The monoisotopic (exact) mass is 352 g/mol. The Morgan fingerprint density at radius 3 is 2.33 bits per heavy atom. The van der Waals surface area contributed by atoms with E-state index in [-0.39, 0.29) is 5.92 Å². The number of halogens is 2. The van der Waals surface area contributed by atoms with Crippen molar-refractivity contribution in [1.29, 1.82) is 0 Å². The van der Waals surface area contributed by atoms with Gasteiger partial charge in [-0.1, -0.05) is 26.0 Å². The van der Waals surface area contributed by atoms with E-state index in [2.05, 4.69) is 10.6 Å². The summed E-state index contributed by atoms with van der Waals surface area (Å²) in [6.45, 7) is 3.82. The zero-order chi connectivity index (χ0) is 17.7. The zero-order valence-electron chi connectivity index (χ0n) is 13.3. The molecule has 1 unspecified atom stereocenters. The molecule has 0 fully saturated rings. The van der Waals surface area contributed by atoms with Crippen LogP contribution in [0.4, 0.5) is 8.78 Å². The summed E-state index contributed by atoms with van der Waals surface area (Å²) in [7, 11) is 0. The Kier molecular flexibility index (Phi) is 6.03. The van der Waals surface area contributed by atoms with Crippen LogP contribution in [0.25, 0.3) is 0 Å². The van der Waals surface area contributed by atoms with E-state index in [0.29, 0.717) is 6.54 Å². The molecule has 0 saturated heterocycles. The van der Waals surface area contributed by atoms with E-state index in [1.165, 1.54) is 17.4 Å². The van der Waals surface area contributed by atoms with E-state index in [9.17, 15) is 18.4 Å². The van der Waals surface area contributed by atoms with Crippen molar-refractivity contribution in [2.45, 2.75) is 26.4 Å². The Balaban J connectivity index is 2.07. The van der Waals surface area contributed by atoms with E-state index in [1.54, 1.807) is 13.8 Å². The molecule has 1 atom stereocenters. The fraction of sp³-hybridized carbons (Fsp3) is 0.294.